The van der Waals surface area contributed by atoms with Gasteiger partial charge in [0.15, 0.2) is 5.92 Å². The Morgan fingerprint density at radius 2 is 0.325 bits per heavy atom. The molecule has 0 aromatic heterocycles. The second-order valence-electron chi connectivity index (χ2n) is 4.93. The van der Waals surface area contributed by atoms with E-state index in [1.165, 1.54) is 0 Å². The first-order valence-corrected chi connectivity index (χ1v) is 10.1. The van der Waals surface area contributed by atoms with Crippen molar-refractivity contribution in [2.24, 2.45) is 0 Å². The Balaban J connectivity index is 4.52. The van der Waals surface area contributed by atoms with Gasteiger partial charge in [-0.1, -0.05) is 5.92 Å². The van der Waals surface area contributed by atoms with Gasteiger partial charge in [-0.25, -0.2) is 0 Å². The molecule has 0 aromatic rings. The quantitative estimate of drug-likeness (QED) is 0.354. The fraction of sp³-hybridized carbons (Fsp3) is 0.0250. The van der Waals surface area contributed by atoms with Gasteiger partial charge in [0.25, 0.3) is 0 Å². The van der Waals surface area contributed by atoms with Crippen LogP contribution < -0.4 is 0 Å². The highest BCUT2D eigenvalue weighted by Crippen LogP contribution is 1.61. The van der Waals surface area contributed by atoms with Gasteiger partial charge < -0.3 is 0 Å². The fourth-order valence-electron chi connectivity index (χ4n) is 1.17. The molecule has 0 radical (unpaired) electrons. The lowest BCUT2D eigenvalue weighted by atomic mass is 10.4. The van der Waals surface area contributed by atoms with Crippen LogP contribution in [-0.4, -0.2) is 0 Å². The Hall–Kier alpha value is -8.49. The second kappa shape index (κ2) is 30.5. The molecule has 0 N–H and O–H groups in total. The third-order valence-electron chi connectivity index (χ3n) is 2.40. The van der Waals surface area contributed by atoms with Gasteiger partial charge in [-0.05, 0) is 54.3 Å². The minimum Gasteiger partial charge on any atom is -0.0925 e. The molecule has 40 heavy (non-hydrogen) atoms. The standard InChI is InChI=1S/C40H5/c1-3-5-7-9-11-13-15-17-19-21-23-25-27-29-31-33-35-37-39-40-38-36-34-32-30-28-26-24-22-20-18-16-14-12-10-8-6-4-2/h1H2,2H3/q+1. The SMILES string of the molecule is [CH2+]C#CC#CC#CC#CC#CC#CC#CC#CC#CC#CC#CC#CC#CC#CC#CC#CC#CC#CC#CC. The lowest BCUT2D eigenvalue weighted by Gasteiger charge is -1.57. The molecule has 0 saturated carbocycles. The average Bonchev–Trinajstić information content (AvgIpc) is 2.97. The van der Waals surface area contributed by atoms with E-state index < -0.39 is 0 Å². The maximum absolute atomic E-state index is 3.31. The average molecular weight is 485 g/mol. The molecule has 0 atom stereocenters. The van der Waals surface area contributed by atoms with Gasteiger partial charge in [-0.3, -0.25) is 0 Å². The fourth-order valence-corrected chi connectivity index (χ4v) is 1.17. The summed E-state index contributed by atoms with van der Waals surface area (Å²) in [6, 6.07) is 0. The first-order chi connectivity index (χ1) is 19.9. The van der Waals surface area contributed by atoms with Crippen molar-refractivity contribution in [1.29, 1.82) is 0 Å². The predicted molar refractivity (Wildman–Crippen MR) is 159 cm³/mol. The van der Waals surface area contributed by atoms with Gasteiger partial charge in [0.2, 0.25) is 5.92 Å². The van der Waals surface area contributed by atoms with Crippen molar-refractivity contribution >= 4 is 0 Å². The summed E-state index contributed by atoms with van der Waals surface area (Å²) in [6.07, 6.45) is 0. The van der Waals surface area contributed by atoms with E-state index in [-0.39, 0.29) is 0 Å². The molecule has 0 bridgehead atoms. The number of rotatable bonds is 0. The monoisotopic (exact) mass is 485 g/mol. The highest BCUT2D eigenvalue weighted by molar-refractivity contribution is 5.49. The summed E-state index contributed by atoms with van der Waals surface area (Å²) in [5.41, 5.74) is 0. The summed E-state index contributed by atoms with van der Waals surface area (Å²) in [5.74, 6) is 95.0. The topological polar surface area (TPSA) is 0 Å². The van der Waals surface area contributed by atoms with Crippen LogP contribution in [0, 0.1) is 232 Å². The maximum Gasteiger partial charge on any atom is 0.217 e. The van der Waals surface area contributed by atoms with Crippen LogP contribution in [0.1, 0.15) is 6.92 Å². The smallest absolute Gasteiger partial charge is 0.0925 e. The van der Waals surface area contributed by atoms with E-state index in [1.807, 2.05) is 0 Å². The van der Waals surface area contributed by atoms with E-state index in [4.69, 9.17) is 0 Å². The Morgan fingerprint density at radius 1 is 0.200 bits per heavy atom. The van der Waals surface area contributed by atoms with E-state index in [0.717, 1.165) is 0 Å². The number of hydrogen-bond acceptors (Lipinski definition) is 0. The first-order valence-electron chi connectivity index (χ1n) is 10.1. The Morgan fingerprint density at radius 3 is 0.450 bits per heavy atom. The third kappa shape index (κ3) is 29.5. The Kier molecular flexibility index (Phi) is 24.0. The van der Waals surface area contributed by atoms with E-state index in [0.29, 0.717) is 0 Å². The van der Waals surface area contributed by atoms with Crippen molar-refractivity contribution in [3.8, 4) is 225 Å². The van der Waals surface area contributed by atoms with Gasteiger partial charge in [0.05, 0.1) is 6.92 Å². The van der Waals surface area contributed by atoms with Crippen LogP contribution >= 0.6 is 0 Å². The second-order valence-corrected chi connectivity index (χ2v) is 4.93. The maximum atomic E-state index is 3.31. The van der Waals surface area contributed by atoms with E-state index >= 15 is 0 Å². The summed E-state index contributed by atoms with van der Waals surface area (Å²) in [7, 11) is 0. The van der Waals surface area contributed by atoms with Crippen LogP contribution in [0.2, 0.25) is 0 Å². The molecule has 0 heteroatoms. The molecule has 0 heterocycles. The Labute approximate surface area is 238 Å². The summed E-state index contributed by atoms with van der Waals surface area (Å²) in [5, 5.41) is 0. The predicted octanol–water partition coefficient (Wildman–Crippen LogP) is 0.905. The molecule has 0 aliphatic heterocycles. The van der Waals surface area contributed by atoms with E-state index in [9.17, 15) is 0 Å². The lowest BCUT2D eigenvalue weighted by molar-refractivity contribution is 1.92. The van der Waals surface area contributed by atoms with Crippen molar-refractivity contribution in [2.75, 3.05) is 0 Å². The summed E-state index contributed by atoms with van der Waals surface area (Å²) in [4.78, 5) is 0. The highest BCUT2D eigenvalue weighted by atomic mass is 13.6. The summed E-state index contributed by atoms with van der Waals surface area (Å²) in [6.45, 7) is 5.00. The summed E-state index contributed by atoms with van der Waals surface area (Å²) >= 11 is 0. The van der Waals surface area contributed by atoms with Crippen LogP contribution in [0.4, 0.5) is 0 Å². The molecule has 0 nitrogen and oxygen atoms in total. The van der Waals surface area contributed by atoms with Crippen molar-refractivity contribution in [3.63, 3.8) is 0 Å². The molecule has 0 saturated heterocycles. The molecular weight excluding hydrogens is 480 g/mol. The normalized spacial score (nSPS) is 3.92. The van der Waals surface area contributed by atoms with Gasteiger partial charge in [0.1, 0.15) is 5.92 Å². The molecule has 0 fully saturated rings. The molecule has 0 aliphatic rings. The van der Waals surface area contributed by atoms with Crippen LogP contribution in [0.5, 0.6) is 0 Å². The third-order valence-corrected chi connectivity index (χ3v) is 2.40. The van der Waals surface area contributed by atoms with Crippen molar-refractivity contribution in [3.05, 3.63) is 6.92 Å². The zero-order valence-electron chi connectivity index (χ0n) is 20.7. The molecule has 164 valence electrons. The zero-order chi connectivity index (χ0) is 28.9. The van der Waals surface area contributed by atoms with Gasteiger partial charge in [0, 0.05) is 154 Å². The minimum atomic E-state index is 1.69. The van der Waals surface area contributed by atoms with Gasteiger partial charge in [-0.2, -0.15) is 0 Å². The molecule has 0 rings (SSSR count). The molecule has 0 spiro atoms. The lowest BCUT2D eigenvalue weighted by Crippen LogP contribution is -1.57. The van der Waals surface area contributed by atoms with Gasteiger partial charge in [-0.15, -0.1) is 0 Å². The molecule has 0 amide bonds. The van der Waals surface area contributed by atoms with Crippen LogP contribution in [0.3, 0.4) is 0 Å². The largest absolute Gasteiger partial charge is 0.217 e. The highest BCUT2D eigenvalue weighted by Gasteiger charge is 1.63. The first kappa shape index (κ1) is 31.5. The molecule has 0 aromatic carbocycles. The minimum absolute atomic E-state index is 1.69. The van der Waals surface area contributed by atoms with Crippen LogP contribution in [0.25, 0.3) is 0 Å². The molecule has 0 aliphatic carbocycles. The Bertz CT molecular complexity index is 2100. The molecular formula is C40H5+. The summed E-state index contributed by atoms with van der Waals surface area (Å²) < 4.78 is 0. The van der Waals surface area contributed by atoms with Crippen LogP contribution in [0.15, 0.2) is 0 Å². The van der Waals surface area contributed by atoms with Crippen LogP contribution in [-0.2, 0) is 0 Å². The van der Waals surface area contributed by atoms with Crippen molar-refractivity contribution < 1.29 is 0 Å². The van der Waals surface area contributed by atoms with E-state index in [1.54, 1.807) is 6.92 Å². The van der Waals surface area contributed by atoms with Gasteiger partial charge >= 0.3 is 0 Å². The van der Waals surface area contributed by atoms with Crippen molar-refractivity contribution in [2.45, 2.75) is 6.92 Å². The molecule has 0 unspecified atom stereocenters. The van der Waals surface area contributed by atoms with E-state index in [2.05, 4.69) is 232 Å². The van der Waals surface area contributed by atoms with Crippen molar-refractivity contribution in [1.82, 2.24) is 0 Å². The zero-order valence-corrected chi connectivity index (χ0v) is 20.7. The number of hydrogen-bond donors (Lipinski definition) is 0.